The molecule has 0 bridgehead atoms. The minimum Gasteiger partial charge on any atom is -0.369 e. The van der Waals surface area contributed by atoms with Crippen LogP contribution in [0.3, 0.4) is 0 Å². The van der Waals surface area contributed by atoms with Crippen LogP contribution in [0.4, 0.5) is 0 Å². The van der Waals surface area contributed by atoms with Gasteiger partial charge in [0.2, 0.25) is 5.91 Å². The summed E-state index contributed by atoms with van der Waals surface area (Å²) in [6.07, 6.45) is 3.02. The fraction of sp³-hybridized carbons (Fsp3) is 0.615. The van der Waals surface area contributed by atoms with Crippen LogP contribution in [0.2, 0.25) is 0 Å². The van der Waals surface area contributed by atoms with Crippen LogP contribution in [0.25, 0.3) is 0 Å². The topological polar surface area (TPSA) is 93.2 Å². The highest BCUT2D eigenvalue weighted by Crippen LogP contribution is 2.27. The molecule has 1 atom stereocenters. The molecule has 0 aromatic carbocycles. The van der Waals surface area contributed by atoms with E-state index in [1.807, 2.05) is 0 Å². The monoisotopic (exact) mass is 298 g/mol. The molecule has 3 N–H and O–H groups in total. The molecule has 110 valence electrons. The number of aromatic amines is 1. The number of nitrogens with zero attached hydrogens (tertiary/aromatic N) is 2. The number of carbonyl (C=O) groups is 1. The van der Waals surface area contributed by atoms with Gasteiger partial charge in [-0.3, -0.25) is 14.4 Å². The molecule has 1 aliphatic carbocycles. The Hall–Kier alpha value is -1.56. The summed E-state index contributed by atoms with van der Waals surface area (Å²) in [5, 5.41) is 0. The van der Waals surface area contributed by atoms with E-state index in [0.717, 1.165) is 18.4 Å². The molecule has 1 aliphatic rings. The molecule has 7 heteroatoms. The minimum atomic E-state index is -0.422. The fourth-order valence-electron chi connectivity index (χ4n) is 2.77. The van der Waals surface area contributed by atoms with Gasteiger partial charge in [-0.2, -0.15) is 0 Å². The molecule has 1 amide bonds. The number of primary amides is 1. The maximum atomic E-state index is 12.2. The first-order valence-electron chi connectivity index (χ1n) is 6.74. The zero-order valence-corrected chi connectivity index (χ0v) is 12.2. The summed E-state index contributed by atoms with van der Waals surface area (Å²) in [7, 11) is 1.65. The van der Waals surface area contributed by atoms with E-state index in [-0.39, 0.29) is 5.69 Å². The third-order valence-electron chi connectivity index (χ3n) is 3.68. The van der Waals surface area contributed by atoms with Crippen molar-refractivity contribution < 1.29 is 4.79 Å². The number of aromatic nitrogens is 2. The lowest BCUT2D eigenvalue weighted by Crippen LogP contribution is -2.42. The van der Waals surface area contributed by atoms with E-state index in [2.05, 4.69) is 9.98 Å². The SMILES string of the molecule is CN=c1c2c([nH]c(=O)n1CCCCl)C(C(N)=O)CCC2. The second-order valence-electron chi connectivity index (χ2n) is 4.91. The lowest BCUT2D eigenvalue weighted by Gasteiger charge is -2.24. The zero-order chi connectivity index (χ0) is 14.7. The van der Waals surface area contributed by atoms with Crippen LogP contribution in [0, 0.1) is 0 Å². The maximum absolute atomic E-state index is 12.2. The average molecular weight is 299 g/mol. The van der Waals surface area contributed by atoms with Crippen molar-refractivity contribution in [2.75, 3.05) is 12.9 Å². The third kappa shape index (κ3) is 2.65. The van der Waals surface area contributed by atoms with Crippen molar-refractivity contribution in [3.8, 4) is 0 Å². The molecular formula is C13H19ClN4O2. The van der Waals surface area contributed by atoms with Crippen LogP contribution in [0.1, 0.15) is 36.4 Å². The number of alkyl halides is 1. The number of fused-ring (bicyclic) bond motifs is 1. The molecule has 1 aromatic heterocycles. The van der Waals surface area contributed by atoms with Crippen molar-refractivity contribution in [2.45, 2.75) is 38.1 Å². The van der Waals surface area contributed by atoms with Gasteiger partial charge in [0.1, 0.15) is 5.49 Å². The molecule has 1 aromatic rings. The van der Waals surface area contributed by atoms with Gasteiger partial charge in [-0.1, -0.05) is 0 Å². The second kappa shape index (κ2) is 6.26. The first-order chi connectivity index (χ1) is 9.60. The highest BCUT2D eigenvalue weighted by Gasteiger charge is 2.27. The van der Waals surface area contributed by atoms with Crippen molar-refractivity contribution in [2.24, 2.45) is 10.7 Å². The van der Waals surface area contributed by atoms with Crippen molar-refractivity contribution >= 4 is 17.5 Å². The number of nitrogens with two attached hydrogens (primary N) is 1. The summed E-state index contributed by atoms with van der Waals surface area (Å²) in [6.45, 7) is 0.514. The van der Waals surface area contributed by atoms with Crippen molar-refractivity contribution in [1.29, 1.82) is 0 Å². The summed E-state index contributed by atoms with van der Waals surface area (Å²) >= 11 is 5.69. The predicted octanol–water partition coefficient (Wildman–Crippen LogP) is 0.241. The molecule has 0 saturated carbocycles. The molecule has 0 spiro atoms. The molecule has 0 saturated heterocycles. The van der Waals surface area contributed by atoms with Gasteiger partial charge in [0.05, 0.1) is 5.92 Å². The molecule has 1 heterocycles. The van der Waals surface area contributed by atoms with E-state index in [1.54, 1.807) is 11.6 Å². The van der Waals surface area contributed by atoms with E-state index in [4.69, 9.17) is 17.3 Å². The van der Waals surface area contributed by atoms with Gasteiger partial charge in [0.25, 0.3) is 0 Å². The van der Waals surface area contributed by atoms with Crippen molar-refractivity contribution in [1.82, 2.24) is 9.55 Å². The number of carbonyl (C=O) groups excluding carboxylic acids is 1. The van der Waals surface area contributed by atoms with Crippen LogP contribution in [-0.2, 0) is 17.8 Å². The van der Waals surface area contributed by atoms with E-state index in [1.165, 1.54) is 0 Å². The standard InChI is InChI=1S/C13H19ClN4O2/c1-16-12-9-5-2-4-8(11(15)19)10(9)17-13(20)18(12)7-3-6-14/h8H,2-7H2,1H3,(H2,15,19)(H,17,20). The number of hydrogen-bond acceptors (Lipinski definition) is 3. The van der Waals surface area contributed by atoms with Gasteiger partial charge >= 0.3 is 5.69 Å². The van der Waals surface area contributed by atoms with Gasteiger partial charge in [-0.25, -0.2) is 4.79 Å². The van der Waals surface area contributed by atoms with Crippen LogP contribution in [0.5, 0.6) is 0 Å². The molecule has 2 rings (SSSR count). The first-order valence-corrected chi connectivity index (χ1v) is 7.27. The number of nitrogens with one attached hydrogen (secondary N) is 1. The summed E-state index contributed by atoms with van der Waals surface area (Å²) in [4.78, 5) is 30.8. The molecule has 0 radical (unpaired) electrons. The molecule has 0 fully saturated rings. The lowest BCUT2D eigenvalue weighted by molar-refractivity contribution is -0.119. The van der Waals surface area contributed by atoms with Crippen molar-refractivity contribution in [3.63, 3.8) is 0 Å². The van der Waals surface area contributed by atoms with Gasteiger partial charge in [-0.05, 0) is 25.7 Å². The molecule has 20 heavy (non-hydrogen) atoms. The van der Waals surface area contributed by atoms with E-state index in [0.29, 0.717) is 36.4 Å². The Labute approximate surface area is 121 Å². The molecule has 6 nitrogen and oxygen atoms in total. The third-order valence-corrected chi connectivity index (χ3v) is 3.94. The highest BCUT2D eigenvalue weighted by molar-refractivity contribution is 6.17. The van der Waals surface area contributed by atoms with Crippen LogP contribution in [0.15, 0.2) is 9.79 Å². The predicted molar refractivity (Wildman–Crippen MR) is 76.8 cm³/mol. The number of hydrogen-bond donors (Lipinski definition) is 2. The molecule has 0 aliphatic heterocycles. The smallest absolute Gasteiger partial charge is 0.327 e. The summed E-state index contributed by atoms with van der Waals surface area (Å²) in [6, 6.07) is 0. The van der Waals surface area contributed by atoms with Gasteiger partial charge < -0.3 is 10.7 Å². The van der Waals surface area contributed by atoms with Crippen LogP contribution >= 0.6 is 11.6 Å². The normalized spacial score (nSPS) is 18.9. The number of amides is 1. The van der Waals surface area contributed by atoms with Crippen molar-refractivity contribution in [3.05, 3.63) is 27.2 Å². The number of H-pyrrole nitrogens is 1. The van der Waals surface area contributed by atoms with E-state index in [9.17, 15) is 9.59 Å². The quantitative estimate of drug-likeness (QED) is 0.779. The largest absolute Gasteiger partial charge is 0.369 e. The Morgan fingerprint density at radius 1 is 1.60 bits per heavy atom. The van der Waals surface area contributed by atoms with E-state index < -0.39 is 11.8 Å². The highest BCUT2D eigenvalue weighted by atomic mass is 35.5. The Morgan fingerprint density at radius 2 is 2.35 bits per heavy atom. The Morgan fingerprint density at radius 3 is 2.95 bits per heavy atom. The number of rotatable bonds is 4. The number of halogens is 1. The summed E-state index contributed by atoms with van der Waals surface area (Å²) in [5.74, 6) is -0.340. The Bertz CT molecular complexity index is 632. The first kappa shape index (κ1) is 14.8. The van der Waals surface area contributed by atoms with Crippen LogP contribution < -0.4 is 16.9 Å². The maximum Gasteiger partial charge on any atom is 0.327 e. The van der Waals surface area contributed by atoms with E-state index >= 15 is 0 Å². The Balaban J connectivity index is 2.63. The van der Waals surface area contributed by atoms with Gasteiger partial charge in [-0.15, -0.1) is 11.6 Å². The zero-order valence-electron chi connectivity index (χ0n) is 11.5. The molecular weight excluding hydrogens is 280 g/mol. The summed E-state index contributed by atoms with van der Waals surface area (Å²) < 4.78 is 1.59. The van der Waals surface area contributed by atoms with Gasteiger partial charge in [0.15, 0.2) is 0 Å². The lowest BCUT2D eigenvalue weighted by atomic mass is 9.86. The fourth-order valence-corrected chi connectivity index (χ4v) is 2.89. The Kier molecular flexibility index (Phi) is 4.65. The second-order valence-corrected chi connectivity index (χ2v) is 5.29. The van der Waals surface area contributed by atoms with Gasteiger partial charge in [0, 0.05) is 30.7 Å². The van der Waals surface area contributed by atoms with Crippen LogP contribution in [-0.4, -0.2) is 28.4 Å². The minimum absolute atomic E-state index is 0.261. The summed E-state index contributed by atoms with van der Waals surface area (Å²) in [5.41, 5.74) is 7.37. The average Bonchev–Trinajstić information content (AvgIpc) is 2.43. The molecule has 1 unspecified atom stereocenters.